The highest BCUT2D eigenvalue weighted by atomic mass is 16.3. The van der Waals surface area contributed by atoms with E-state index in [9.17, 15) is 4.79 Å². The Balaban J connectivity index is 2.66. The molecule has 0 fully saturated rings. The maximum Gasteiger partial charge on any atom is 0.234 e. The number of hydrogen-bond donors (Lipinski definition) is 2. The van der Waals surface area contributed by atoms with Crippen molar-refractivity contribution in [3.05, 3.63) is 24.2 Å². The lowest BCUT2D eigenvalue weighted by atomic mass is 10.2. The SMILES string of the molecule is CCN(CC(=O)NC(C)C)C(CN)c1ccco1. The average Bonchev–Trinajstić information content (AvgIpc) is 2.81. The fourth-order valence-corrected chi connectivity index (χ4v) is 1.92. The molecule has 18 heavy (non-hydrogen) atoms. The molecule has 1 heterocycles. The van der Waals surface area contributed by atoms with E-state index in [-0.39, 0.29) is 18.0 Å². The van der Waals surface area contributed by atoms with Gasteiger partial charge in [0.05, 0.1) is 18.8 Å². The summed E-state index contributed by atoms with van der Waals surface area (Å²) < 4.78 is 5.38. The summed E-state index contributed by atoms with van der Waals surface area (Å²) in [7, 11) is 0. The molecule has 1 aromatic rings. The summed E-state index contributed by atoms with van der Waals surface area (Å²) in [5.74, 6) is 0.813. The number of furan rings is 1. The van der Waals surface area contributed by atoms with E-state index in [1.165, 1.54) is 0 Å². The van der Waals surface area contributed by atoms with Crippen molar-refractivity contribution in [2.24, 2.45) is 5.73 Å². The fraction of sp³-hybridized carbons (Fsp3) is 0.615. The first-order valence-electron chi connectivity index (χ1n) is 6.35. The molecule has 5 heteroatoms. The van der Waals surface area contributed by atoms with Crippen LogP contribution in [-0.2, 0) is 4.79 Å². The second-order valence-electron chi connectivity index (χ2n) is 4.55. The van der Waals surface area contributed by atoms with Gasteiger partial charge in [-0.2, -0.15) is 0 Å². The van der Waals surface area contributed by atoms with Gasteiger partial charge in [0.1, 0.15) is 5.76 Å². The lowest BCUT2D eigenvalue weighted by molar-refractivity contribution is -0.123. The number of nitrogens with one attached hydrogen (secondary N) is 1. The Labute approximate surface area is 108 Å². The number of carbonyl (C=O) groups excluding carboxylic acids is 1. The highest BCUT2D eigenvalue weighted by Gasteiger charge is 2.22. The standard InChI is InChI=1S/C13H23N3O2/c1-4-16(9-13(17)15-10(2)3)11(8-14)12-6-5-7-18-12/h5-7,10-11H,4,8-9,14H2,1-3H3,(H,15,17). The first-order valence-corrected chi connectivity index (χ1v) is 6.35. The highest BCUT2D eigenvalue weighted by molar-refractivity contribution is 5.78. The van der Waals surface area contributed by atoms with Crippen LogP contribution in [0.25, 0.3) is 0 Å². The molecule has 1 aromatic heterocycles. The number of nitrogens with two attached hydrogens (primary N) is 1. The van der Waals surface area contributed by atoms with E-state index in [2.05, 4.69) is 5.32 Å². The van der Waals surface area contributed by atoms with Gasteiger partial charge in [0.25, 0.3) is 0 Å². The van der Waals surface area contributed by atoms with Crippen LogP contribution < -0.4 is 11.1 Å². The number of nitrogens with zero attached hydrogens (tertiary/aromatic N) is 1. The van der Waals surface area contributed by atoms with E-state index >= 15 is 0 Å². The van der Waals surface area contributed by atoms with Crippen LogP contribution >= 0.6 is 0 Å². The molecule has 1 unspecified atom stereocenters. The summed E-state index contributed by atoms with van der Waals surface area (Å²) in [6.45, 7) is 7.40. The molecule has 102 valence electrons. The first-order chi connectivity index (χ1) is 8.58. The molecule has 0 saturated carbocycles. The second kappa shape index (κ2) is 7.18. The summed E-state index contributed by atoms with van der Waals surface area (Å²) in [6.07, 6.45) is 1.63. The predicted octanol–water partition coefficient (Wildman–Crippen LogP) is 1.13. The Morgan fingerprint density at radius 1 is 1.56 bits per heavy atom. The van der Waals surface area contributed by atoms with E-state index in [0.29, 0.717) is 13.1 Å². The number of hydrogen-bond acceptors (Lipinski definition) is 4. The largest absolute Gasteiger partial charge is 0.468 e. The molecule has 0 aliphatic heterocycles. The Morgan fingerprint density at radius 3 is 2.72 bits per heavy atom. The zero-order valence-corrected chi connectivity index (χ0v) is 11.3. The van der Waals surface area contributed by atoms with Crippen molar-refractivity contribution < 1.29 is 9.21 Å². The average molecular weight is 253 g/mol. The maximum absolute atomic E-state index is 11.8. The highest BCUT2D eigenvalue weighted by Crippen LogP contribution is 2.19. The van der Waals surface area contributed by atoms with Crippen LogP contribution in [-0.4, -0.2) is 36.5 Å². The molecule has 0 bridgehead atoms. The van der Waals surface area contributed by atoms with Crippen molar-refractivity contribution in [2.75, 3.05) is 19.6 Å². The summed E-state index contributed by atoms with van der Waals surface area (Å²) in [4.78, 5) is 13.8. The smallest absolute Gasteiger partial charge is 0.234 e. The number of carbonyl (C=O) groups is 1. The van der Waals surface area contributed by atoms with Crippen molar-refractivity contribution in [3.8, 4) is 0 Å². The quantitative estimate of drug-likeness (QED) is 0.764. The van der Waals surface area contributed by atoms with Crippen LogP contribution in [0.1, 0.15) is 32.6 Å². The molecule has 1 rings (SSSR count). The minimum absolute atomic E-state index is 0.0110. The fourth-order valence-electron chi connectivity index (χ4n) is 1.92. The summed E-state index contributed by atoms with van der Waals surface area (Å²) in [5.41, 5.74) is 5.78. The van der Waals surface area contributed by atoms with Gasteiger partial charge in [0.2, 0.25) is 5.91 Å². The van der Waals surface area contributed by atoms with E-state index in [4.69, 9.17) is 10.2 Å². The third-order valence-corrected chi connectivity index (χ3v) is 2.74. The lowest BCUT2D eigenvalue weighted by Gasteiger charge is -2.27. The minimum atomic E-state index is -0.0529. The number of amides is 1. The van der Waals surface area contributed by atoms with Crippen LogP contribution in [0.5, 0.6) is 0 Å². The zero-order valence-electron chi connectivity index (χ0n) is 11.3. The molecule has 3 N–H and O–H groups in total. The van der Waals surface area contributed by atoms with Crippen LogP contribution in [0.15, 0.2) is 22.8 Å². The van der Waals surface area contributed by atoms with Gasteiger partial charge in [-0.05, 0) is 32.5 Å². The molecule has 0 aliphatic rings. The van der Waals surface area contributed by atoms with Crippen LogP contribution in [0.4, 0.5) is 0 Å². The molecule has 0 aromatic carbocycles. The number of rotatable bonds is 7. The van der Waals surface area contributed by atoms with Crippen LogP contribution in [0.2, 0.25) is 0 Å². The zero-order chi connectivity index (χ0) is 13.5. The van der Waals surface area contributed by atoms with Gasteiger partial charge in [0, 0.05) is 12.6 Å². The van der Waals surface area contributed by atoms with Crippen molar-refractivity contribution in [1.82, 2.24) is 10.2 Å². The van der Waals surface area contributed by atoms with Crippen LogP contribution in [0.3, 0.4) is 0 Å². The third-order valence-electron chi connectivity index (χ3n) is 2.74. The Morgan fingerprint density at radius 2 is 2.28 bits per heavy atom. The van der Waals surface area contributed by atoms with E-state index in [1.807, 2.05) is 37.8 Å². The second-order valence-corrected chi connectivity index (χ2v) is 4.55. The van der Waals surface area contributed by atoms with Gasteiger partial charge in [-0.1, -0.05) is 6.92 Å². The van der Waals surface area contributed by atoms with Gasteiger partial charge in [-0.15, -0.1) is 0 Å². The summed E-state index contributed by atoms with van der Waals surface area (Å²) in [5, 5.41) is 2.88. The van der Waals surface area contributed by atoms with Gasteiger partial charge in [-0.3, -0.25) is 9.69 Å². The molecular weight excluding hydrogens is 230 g/mol. The van der Waals surface area contributed by atoms with Gasteiger partial charge in [0.15, 0.2) is 0 Å². The summed E-state index contributed by atoms with van der Waals surface area (Å²) >= 11 is 0. The topological polar surface area (TPSA) is 71.5 Å². The van der Waals surface area contributed by atoms with Crippen molar-refractivity contribution >= 4 is 5.91 Å². The molecule has 5 nitrogen and oxygen atoms in total. The van der Waals surface area contributed by atoms with Gasteiger partial charge < -0.3 is 15.5 Å². The molecule has 1 atom stereocenters. The Hall–Kier alpha value is -1.33. The number of likely N-dealkylation sites (N-methyl/N-ethyl adjacent to an activating group) is 1. The van der Waals surface area contributed by atoms with Gasteiger partial charge in [-0.25, -0.2) is 0 Å². The Kier molecular flexibility index (Phi) is 5.88. The normalized spacial score (nSPS) is 13.0. The van der Waals surface area contributed by atoms with Crippen LogP contribution in [0, 0.1) is 0 Å². The van der Waals surface area contributed by atoms with E-state index in [0.717, 1.165) is 12.3 Å². The molecule has 0 saturated heterocycles. The van der Waals surface area contributed by atoms with E-state index < -0.39 is 0 Å². The third kappa shape index (κ3) is 4.16. The predicted molar refractivity (Wildman–Crippen MR) is 71.0 cm³/mol. The van der Waals surface area contributed by atoms with Gasteiger partial charge >= 0.3 is 0 Å². The molecule has 0 radical (unpaired) electrons. The first kappa shape index (κ1) is 14.7. The summed E-state index contributed by atoms with van der Waals surface area (Å²) in [6, 6.07) is 3.82. The molecule has 0 aliphatic carbocycles. The molecule has 1 amide bonds. The van der Waals surface area contributed by atoms with Crippen molar-refractivity contribution in [1.29, 1.82) is 0 Å². The van der Waals surface area contributed by atoms with Crippen molar-refractivity contribution in [3.63, 3.8) is 0 Å². The monoisotopic (exact) mass is 253 g/mol. The molecular formula is C13H23N3O2. The van der Waals surface area contributed by atoms with E-state index in [1.54, 1.807) is 6.26 Å². The van der Waals surface area contributed by atoms with Crippen molar-refractivity contribution in [2.45, 2.75) is 32.9 Å². The maximum atomic E-state index is 11.8. The lowest BCUT2D eigenvalue weighted by Crippen LogP contribution is -2.43. The minimum Gasteiger partial charge on any atom is -0.468 e. The Bertz CT molecular complexity index is 349. The molecule has 0 spiro atoms.